The highest BCUT2D eigenvalue weighted by atomic mass is 16.3. The molecule has 0 saturated carbocycles. The molecule has 56 heavy (non-hydrogen) atoms. The van der Waals surface area contributed by atoms with E-state index >= 15 is 0 Å². The van der Waals surface area contributed by atoms with Crippen LogP contribution in [0.5, 0.6) is 23.0 Å². The number of rotatable bonds is 8. The van der Waals surface area contributed by atoms with Crippen LogP contribution in [0.15, 0.2) is 121 Å². The SMILES string of the molecule is Cc1cc(C(c2ccc(-c3ccc(-c4ccc(C(c5cc(C)c(O)cc5C)c5cc(C)c(O)cc5C)cc4)cc3)cc2)c2cc(C)c(O)cc2C)c(C)cc1O. The van der Waals surface area contributed by atoms with E-state index in [-0.39, 0.29) is 11.8 Å². The molecule has 7 rings (SSSR count). The zero-order chi connectivity index (χ0) is 40.0. The van der Waals surface area contributed by atoms with E-state index in [9.17, 15) is 20.4 Å². The van der Waals surface area contributed by atoms with Gasteiger partial charge in [0.05, 0.1) is 0 Å². The third kappa shape index (κ3) is 7.27. The summed E-state index contributed by atoms with van der Waals surface area (Å²) >= 11 is 0. The van der Waals surface area contributed by atoms with Crippen LogP contribution in [0.4, 0.5) is 0 Å². The molecule has 4 nitrogen and oxygen atoms in total. The van der Waals surface area contributed by atoms with Crippen molar-refractivity contribution in [2.24, 2.45) is 0 Å². The second kappa shape index (κ2) is 15.1. The molecule has 0 heterocycles. The minimum atomic E-state index is -0.0726. The maximum Gasteiger partial charge on any atom is 0.118 e. The summed E-state index contributed by atoms with van der Waals surface area (Å²) in [6.07, 6.45) is 0. The van der Waals surface area contributed by atoms with Gasteiger partial charge in [-0.05, 0) is 180 Å². The van der Waals surface area contributed by atoms with E-state index in [1.165, 1.54) is 0 Å². The zero-order valence-electron chi connectivity index (χ0n) is 33.5. The van der Waals surface area contributed by atoms with Crippen molar-refractivity contribution in [1.82, 2.24) is 0 Å². The molecule has 0 spiro atoms. The fraction of sp³-hybridized carbons (Fsp3) is 0.192. The molecule has 0 unspecified atom stereocenters. The summed E-state index contributed by atoms with van der Waals surface area (Å²) in [6.45, 7) is 15.9. The first-order chi connectivity index (χ1) is 26.7. The van der Waals surface area contributed by atoms with Gasteiger partial charge in [0, 0.05) is 11.8 Å². The van der Waals surface area contributed by atoms with Gasteiger partial charge in [-0.15, -0.1) is 0 Å². The van der Waals surface area contributed by atoms with Gasteiger partial charge in [0.15, 0.2) is 0 Å². The molecule has 0 aromatic heterocycles. The van der Waals surface area contributed by atoms with Crippen molar-refractivity contribution < 1.29 is 20.4 Å². The van der Waals surface area contributed by atoms with Crippen molar-refractivity contribution in [2.45, 2.75) is 67.2 Å². The molecule has 4 N–H and O–H groups in total. The molecular formula is C52H50O4. The highest BCUT2D eigenvalue weighted by Gasteiger charge is 2.24. The second-order valence-corrected chi connectivity index (χ2v) is 15.7. The van der Waals surface area contributed by atoms with E-state index < -0.39 is 0 Å². The predicted molar refractivity (Wildman–Crippen MR) is 230 cm³/mol. The first kappa shape index (κ1) is 38.0. The highest BCUT2D eigenvalue weighted by molar-refractivity contribution is 5.71. The lowest BCUT2D eigenvalue weighted by Gasteiger charge is -2.24. The van der Waals surface area contributed by atoms with Crippen LogP contribution < -0.4 is 0 Å². The fourth-order valence-corrected chi connectivity index (χ4v) is 8.18. The molecule has 7 aromatic carbocycles. The molecule has 0 bridgehead atoms. The van der Waals surface area contributed by atoms with Crippen LogP contribution in [0.3, 0.4) is 0 Å². The standard InChI is InChI=1S/C52H50O4/c1-29-25-47(53)33(5)21-43(29)51(44-22-34(6)48(54)26-30(44)2)41-17-13-39(14-18-41)37-9-11-38(12-10-37)40-15-19-42(20-16-40)52(45-23-35(7)49(55)27-31(45)3)46-24-36(8)50(56)28-32(46)4/h9-28,51-56H,1-8H3. The van der Waals surface area contributed by atoms with Gasteiger partial charge < -0.3 is 20.4 Å². The summed E-state index contributed by atoms with van der Waals surface area (Å²) in [7, 11) is 0. The van der Waals surface area contributed by atoms with Crippen molar-refractivity contribution in [1.29, 1.82) is 0 Å². The summed E-state index contributed by atoms with van der Waals surface area (Å²) in [5.74, 6) is 1.03. The Morgan fingerprint density at radius 2 is 0.464 bits per heavy atom. The Morgan fingerprint density at radius 1 is 0.268 bits per heavy atom. The Morgan fingerprint density at radius 3 is 0.679 bits per heavy atom. The van der Waals surface area contributed by atoms with E-state index in [1.807, 2.05) is 79.7 Å². The highest BCUT2D eigenvalue weighted by Crippen LogP contribution is 2.42. The Labute approximate surface area is 331 Å². The number of phenolic OH excluding ortho intramolecular Hbond substituents is 4. The molecule has 0 aliphatic rings. The molecule has 0 radical (unpaired) electrons. The van der Waals surface area contributed by atoms with Crippen molar-refractivity contribution in [3.8, 4) is 45.3 Å². The number of hydrogen-bond acceptors (Lipinski definition) is 4. The van der Waals surface area contributed by atoms with Gasteiger partial charge >= 0.3 is 0 Å². The lowest BCUT2D eigenvalue weighted by molar-refractivity contribution is 0.469. The van der Waals surface area contributed by atoms with Crippen LogP contribution in [-0.4, -0.2) is 20.4 Å². The topological polar surface area (TPSA) is 80.9 Å². The fourth-order valence-electron chi connectivity index (χ4n) is 8.18. The third-order valence-corrected chi connectivity index (χ3v) is 11.6. The summed E-state index contributed by atoms with van der Waals surface area (Å²) in [6, 6.07) is 41.9. The van der Waals surface area contributed by atoms with Gasteiger partial charge in [-0.25, -0.2) is 0 Å². The quantitative estimate of drug-likeness (QED) is 0.117. The van der Waals surface area contributed by atoms with Crippen LogP contribution >= 0.6 is 0 Å². The largest absolute Gasteiger partial charge is 0.508 e. The van der Waals surface area contributed by atoms with Crippen LogP contribution in [0.2, 0.25) is 0 Å². The maximum atomic E-state index is 10.5. The molecular weight excluding hydrogens is 689 g/mol. The molecule has 0 fully saturated rings. The Kier molecular flexibility index (Phi) is 10.3. The normalized spacial score (nSPS) is 11.5. The van der Waals surface area contributed by atoms with E-state index in [1.54, 1.807) is 0 Å². The van der Waals surface area contributed by atoms with Gasteiger partial charge in [0.1, 0.15) is 23.0 Å². The van der Waals surface area contributed by atoms with E-state index in [0.717, 1.165) is 100 Å². The van der Waals surface area contributed by atoms with E-state index in [0.29, 0.717) is 23.0 Å². The summed E-state index contributed by atoms with van der Waals surface area (Å²) in [5.41, 5.74) is 18.7. The molecule has 7 aromatic rings. The first-order valence-corrected chi connectivity index (χ1v) is 19.2. The Hall–Kier alpha value is -6.26. The number of benzene rings is 7. The molecule has 0 atom stereocenters. The number of aryl methyl sites for hydroxylation is 8. The van der Waals surface area contributed by atoms with Gasteiger partial charge in [0.2, 0.25) is 0 Å². The molecule has 0 aliphatic heterocycles. The first-order valence-electron chi connectivity index (χ1n) is 19.2. The third-order valence-electron chi connectivity index (χ3n) is 11.6. The maximum absolute atomic E-state index is 10.5. The molecule has 0 aliphatic carbocycles. The van der Waals surface area contributed by atoms with Gasteiger partial charge in [-0.2, -0.15) is 0 Å². The summed E-state index contributed by atoms with van der Waals surface area (Å²) < 4.78 is 0. The molecule has 0 amide bonds. The van der Waals surface area contributed by atoms with Crippen LogP contribution in [0.1, 0.15) is 89.7 Å². The number of aromatic hydroxyl groups is 4. The van der Waals surface area contributed by atoms with Crippen molar-refractivity contribution >= 4 is 0 Å². The minimum absolute atomic E-state index is 0.0726. The smallest absolute Gasteiger partial charge is 0.118 e. The van der Waals surface area contributed by atoms with Gasteiger partial charge in [-0.3, -0.25) is 0 Å². The summed E-state index contributed by atoms with van der Waals surface area (Å²) in [4.78, 5) is 0. The average molecular weight is 739 g/mol. The zero-order valence-corrected chi connectivity index (χ0v) is 33.5. The van der Waals surface area contributed by atoms with E-state index in [4.69, 9.17) is 0 Å². The second-order valence-electron chi connectivity index (χ2n) is 15.7. The van der Waals surface area contributed by atoms with Crippen molar-refractivity contribution in [2.75, 3.05) is 0 Å². The predicted octanol–water partition coefficient (Wildman–Crippen LogP) is 12.7. The summed E-state index contributed by atoms with van der Waals surface area (Å²) in [5, 5.41) is 41.8. The minimum Gasteiger partial charge on any atom is -0.508 e. The van der Waals surface area contributed by atoms with Gasteiger partial charge in [0.25, 0.3) is 0 Å². The molecule has 0 saturated heterocycles. The van der Waals surface area contributed by atoms with Gasteiger partial charge in [-0.1, -0.05) is 97.1 Å². The molecule has 4 heteroatoms. The van der Waals surface area contributed by atoms with Crippen LogP contribution in [0.25, 0.3) is 22.3 Å². The molecule has 282 valence electrons. The average Bonchev–Trinajstić information content (AvgIpc) is 3.17. The Bertz CT molecular complexity index is 2280. The van der Waals surface area contributed by atoms with Crippen molar-refractivity contribution in [3.05, 3.63) is 199 Å². The van der Waals surface area contributed by atoms with Crippen molar-refractivity contribution in [3.63, 3.8) is 0 Å². The lowest BCUT2D eigenvalue weighted by atomic mass is 9.79. The number of phenols is 4. The Balaban J connectivity index is 1.19. The van der Waals surface area contributed by atoms with E-state index in [2.05, 4.69) is 97.1 Å². The monoisotopic (exact) mass is 738 g/mol. The number of hydrogen-bond donors (Lipinski definition) is 4. The lowest BCUT2D eigenvalue weighted by Crippen LogP contribution is -2.08. The van der Waals surface area contributed by atoms with Crippen LogP contribution in [0, 0.1) is 55.4 Å². The van der Waals surface area contributed by atoms with Crippen LogP contribution in [-0.2, 0) is 0 Å².